The number of nitrogens with zero attached hydrogens (tertiary/aromatic N) is 1. The standard InChI is InChI=1S/C13H18N2O3/c1-2-11(8-5-10(17)6-8)15-13(18)12-4-3-9(16)7-14-12/h3-4,7-8,10-11,16-17H,2,5-6H2,1H3,(H,15,18)/t8?,10?,11-/m1/s1. The van der Waals surface area contributed by atoms with E-state index in [4.69, 9.17) is 5.11 Å². The van der Waals surface area contributed by atoms with Crippen molar-refractivity contribution in [1.29, 1.82) is 0 Å². The number of rotatable bonds is 4. The van der Waals surface area contributed by atoms with E-state index in [2.05, 4.69) is 10.3 Å². The summed E-state index contributed by atoms with van der Waals surface area (Å²) in [4.78, 5) is 15.8. The van der Waals surface area contributed by atoms with Crippen LogP contribution in [0.3, 0.4) is 0 Å². The highest BCUT2D eigenvalue weighted by molar-refractivity contribution is 5.92. The van der Waals surface area contributed by atoms with Gasteiger partial charge in [-0.15, -0.1) is 0 Å². The van der Waals surface area contributed by atoms with E-state index in [1.54, 1.807) is 0 Å². The van der Waals surface area contributed by atoms with Gasteiger partial charge in [0.1, 0.15) is 11.4 Å². The molecule has 98 valence electrons. The highest BCUT2D eigenvalue weighted by Crippen LogP contribution is 2.31. The summed E-state index contributed by atoms with van der Waals surface area (Å²) in [5, 5.41) is 21.3. The molecule has 0 saturated heterocycles. The number of pyridine rings is 1. The highest BCUT2D eigenvalue weighted by atomic mass is 16.3. The zero-order chi connectivity index (χ0) is 13.1. The second-order valence-electron chi connectivity index (χ2n) is 4.78. The molecule has 1 amide bonds. The predicted octanol–water partition coefficient (Wildman–Crippen LogP) is 1.07. The Kier molecular flexibility index (Phi) is 3.81. The Morgan fingerprint density at radius 2 is 2.28 bits per heavy atom. The first-order chi connectivity index (χ1) is 8.60. The number of aliphatic hydroxyl groups is 1. The molecule has 0 radical (unpaired) electrons. The Hall–Kier alpha value is -1.62. The van der Waals surface area contributed by atoms with Gasteiger partial charge in [-0.05, 0) is 37.3 Å². The maximum atomic E-state index is 11.9. The van der Waals surface area contributed by atoms with Crippen molar-refractivity contribution < 1.29 is 15.0 Å². The van der Waals surface area contributed by atoms with Crippen molar-refractivity contribution >= 4 is 5.91 Å². The van der Waals surface area contributed by atoms with E-state index in [9.17, 15) is 9.90 Å². The molecular formula is C13H18N2O3. The van der Waals surface area contributed by atoms with E-state index in [0.717, 1.165) is 19.3 Å². The molecule has 1 saturated carbocycles. The van der Waals surface area contributed by atoms with Crippen molar-refractivity contribution in [3.63, 3.8) is 0 Å². The van der Waals surface area contributed by atoms with Gasteiger partial charge in [0.25, 0.3) is 5.91 Å². The van der Waals surface area contributed by atoms with E-state index in [-0.39, 0.29) is 23.8 Å². The van der Waals surface area contributed by atoms with Crippen LogP contribution in [-0.4, -0.2) is 33.3 Å². The lowest BCUT2D eigenvalue weighted by molar-refractivity contribution is 0.0232. The van der Waals surface area contributed by atoms with Crippen molar-refractivity contribution in [3.05, 3.63) is 24.0 Å². The van der Waals surface area contributed by atoms with Gasteiger partial charge >= 0.3 is 0 Å². The van der Waals surface area contributed by atoms with Crippen LogP contribution < -0.4 is 5.32 Å². The molecule has 1 atom stereocenters. The van der Waals surface area contributed by atoms with Gasteiger partial charge in [0.15, 0.2) is 0 Å². The second-order valence-corrected chi connectivity index (χ2v) is 4.78. The molecule has 0 aromatic carbocycles. The molecule has 1 aromatic rings. The van der Waals surface area contributed by atoms with Gasteiger partial charge in [-0.25, -0.2) is 4.98 Å². The fraction of sp³-hybridized carbons (Fsp3) is 0.538. The summed E-state index contributed by atoms with van der Waals surface area (Å²) in [5.41, 5.74) is 0.297. The molecule has 1 heterocycles. The number of aliphatic hydroxyl groups excluding tert-OH is 1. The smallest absolute Gasteiger partial charge is 0.270 e. The third-order valence-corrected chi connectivity index (χ3v) is 3.46. The summed E-state index contributed by atoms with van der Waals surface area (Å²) in [6.45, 7) is 2.01. The third kappa shape index (κ3) is 2.79. The van der Waals surface area contributed by atoms with E-state index in [0.29, 0.717) is 11.6 Å². The van der Waals surface area contributed by atoms with Gasteiger partial charge in [-0.1, -0.05) is 6.92 Å². The number of carbonyl (C=O) groups excluding carboxylic acids is 1. The first kappa shape index (κ1) is 12.8. The van der Waals surface area contributed by atoms with Crippen molar-refractivity contribution in [1.82, 2.24) is 10.3 Å². The minimum atomic E-state index is -0.233. The quantitative estimate of drug-likeness (QED) is 0.746. The van der Waals surface area contributed by atoms with E-state index in [1.807, 2.05) is 6.92 Å². The van der Waals surface area contributed by atoms with Crippen LogP contribution >= 0.6 is 0 Å². The van der Waals surface area contributed by atoms with Crippen LogP contribution in [0, 0.1) is 5.92 Å². The minimum absolute atomic E-state index is 0.0423. The molecule has 1 fully saturated rings. The number of nitrogens with one attached hydrogen (secondary N) is 1. The molecule has 2 rings (SSSR count). The third-order valence-electron chi connectivity index (χ3n) is 3.46. The monoisotopic (exact) mass is 250 g/mol. The SMILES string of the molecule is CC[C@@H](NC(=O)c1ccc(O)cn1)C1CC(O)C1. The number of hydrogen-bond acceptors (Lipinski definition) is 4. The maximum Gasteiger partial charge on any atom is 0.270 e. The Morgan fingerprint density at radius 1 is 1.56 bits per heavy atom. The Bertz CT molecular complexity index is 413. The Balaban J connectivity index is 1.95. The molecule has 0 unspecified atom stereocenters. The Morgan fingerprint density at radius 3 is 2.78 bits per heavy atom. The molecule has 1 aliphatic rings. The zero-order valence-electron chi connectivity index (χ0n) is 10.3. The topological polar surface area (TPSA) is 82.5 Å². The highest BCUT2D eigenvalue weighted by Gasteiger charge is 2.33. The molecule has 0 spiro atoms. The lowest BCUT2D eigenvalue weighted by atomic mass is 9.76. The van der Waals surface area contributed by atoms with Gasteiger partial charge in [0, 0.05) is 6.04 Å². The molecule has 5 heteroatoms. The summed E-state index contributed by atoms with van der Waals surface area (Å²) < 4.78 is 0. The van der Waals surface area contributed by atoms with Crippen molar-refractivity contribution in [2.75, 3.05) is 0 Å². The summed E-state index contributed by atoms with van der Waals surface area (Å²) in [5.74, 6) is 0.162. The molecular weight excluding hydrogens is 232 g/mol. The van der Waals surface area contributed by atoms with E-state index in [1.165, 1.54) is 18.3 Å². The number of carbonyl (C=O) groups is 1. The molecule has 18 heavy (non-hydrogen) atoms. The minimum Gasteiger partial charge on any atom is -0.506 e. The van der Waals surface area contributed by atoms with Crippen LogP contribution in [0.25, 0.3) is 0 Å². The number of aromatic hydroxyl groups is 1. The zero-order valence-corrected chi connectivity index (χ0v) is 10.3. The van der Waals surface area contributed by atoms with Crippen LogP contribution in [0.1, 0.15) is 36.7 Å². The van der Waals surface area contributed by atoms with Gasteiger partial charge < -0.3 is 15.5 Å². The average molecular weight is 250 g/mol. The lowest BCUT2D eigenvalue weighted by Gasteiger charge is -2.37. The molecule has 3 N–H and O–H groups in total. The average Bonchev–Trinajstić information content (AvgIpc) is 2.33. The van der Waals surface area contributed by atoms with E-state index < -0.39 is 0 Å². The largest absolute Gasteiger partial charge is 0.506 e. The Labute approximate surface area is 106 Å². The first-order valence-corrected chi connectivity index (χ1v) is 6.24. The van der Waals surface area contributed by atoms with Crippen LogP contribution in [0.5, 0.6) is 5.75 Å². The number of hydrogen-bond donors (Lipinski definition) is 3. The fourth-order valence-corrected chi connectivity index (χ4v) is 2.27. The van der Waals surface area contributed by atoms with Crippen LogP contribution in [0.2, 0.25) is 0 Å². The summed E-state index contributed by atoms with van der Waals surface area (Å²) in [7, 11) is 0. The summed E-state index contributed by atoms with van der Waals surface area (Å²) >= 11 is 0. The van der Waals surface area contributed by atoms with Crippen molar-refractivity contribution in [2.45, 2.75) is 38.3 Å². The molecule has 0 aliphatic heterocycles. The predicted molar refractivity (Wildman–Crippen MR) is 66.2 cm³/mol. The number of aromatic nitrogens is 1. The van der Waals surface area contributed by atoms with Gasteiger partial charge in [0.2, 0.25) is 0 Å². The maximum absolute atomic E-state index is 11.9. The van der Waals surface area contributed by atoms with Crippen molar-refractivity contribution in [2.24, 2.45) is 5.92 Å². The van der Waals surface area contributed by atoms with Crippen LogP contribution in [-0.2, 0) is 0 Å². The molecule has 0 bridgehead atoms. The molecule has 1 aromatic heterocycles. The van der Waals surface area contributed by atoms with Gasteiger partial charge in [-0.3, -0.25) is 4.79 Å². The molecule has 1 aliphatic carbocycles. The van der Waals surface area contributed by atoms with Crippen LogP contribution in [0.4, 0.5) is 0 Å². The van der Waals surface area contributed by atoms with Crippen LogP contribution in [0.15, 0.2) is 18.3 Å². The number of amides is 1. The van der Waals surface area contributed by atoms with Gasteiger partial charge in [-0.2, -0.15) is 0 Å². The second kappa shape index (κ2) is 5.35. The van der Waals surface area contributed by atoms with Crippen molar-refractivity contribution in [3.8, 4) is 5.75 Å². The lowest BCUT2D eigenvalue weighted by Crippen LogP contribution is -2.46. The summed E-state index contributed by atoms with van der Waals surface area (Å²) in [6.07, 6.45) is 3.38. The molecule has 5 nitrogen and oxygen atoms in total. The first-order valence-electron chi connectivity index (χ1n) is 6.24. The normalized spacial score (nSPS) is 24.1. The van der Waals surface area contributed by atoms with E-state index >= 15 is 0 Å². The summed E-state index contributed by atoms with van der Waals surface area (Å²) in [6, 6.07) is 3.01. The fourth-order valence-electron chi connectivity index (χ4n) is 2.27. The van der Waals surface area contributed by atoms with Gasteiger partial charge in [0.05, 0.1) is 12.3 Å².